The van der Waals surface area contributed by atoms with Crippen LogP contribution in [0.25, 0.3) is 0 Å². The molecule has 0 aromatic rings. The van der Waals surface area contributed by atoms with Crippen LogP contribution >= 0.6 is 0 Å². The van der Waals surface area contributed by atoms with Crippen LogP contribution in [0.5, 0.6) is 0 Å². The molecule has 1 aliphatic rings. The van der Waals surface area contributed by atoms with E-state index in [9.17, 15) is 14.7 Å². The highest BCUT2D eigenvalue weighted by atomic mass is 16.4. The van der Waals surface area contributed by atoms with Gasteiger partial charge in [-0.1, -0.05) is 39.0 Å². The number of carbonyl (C=O) groups excluding carboxylic acids is 1. The molecule has 1 atom stereocenters. The molecule has 3 N–H and O–H groups in total. The largest absolute Gasteiger partial charge is 0.480 e. The van der Waals surface area contributed by atoms with Gasteiger partial charge in [-0.3, -0.25) is 0 Å². The molecule has 2 amide bonds. The number of nitrogens with zero attached hydrogens (tertiary/aromatic N) is 1. The first-order chi connectivity index (χ1) is 10.1. The molecule has 6 nitrogen and oxygen atoms in total. The summed E-state index contributed by atoms with van der Waals surface area (Å²) in [7, 11) is 0. The van der Waals surface area contributed by atoms with E-state index < -0.39 is 12.0 Å². The molecule has 0 aromatic heterocycles. The zero-order valence-electron chi connectivity index (χ0n) is 12.9. The number of carbonyl (C=O) groups is 2. The van der Waals surface area contributed by atoms with Gasteiger partial charge in [-0.05, 0) is 19.3 Å². The second-order valence-corrected chi connectivity index (χ2v) is 5.69. The number of rotatable bonds is 8. The lowest BCUT2D eigenvalue weighted by Gasteiger charge is -2.34. The van der Waals surface area contributed by atoms with Crippen LogP contribution in [0.4, 0.5) is 4.79 Å². The average Bonchev–Trinajstić information content (AvgIpc) is 2.49. The molecule has 0 aromatic carbocycles. The Kier molecular flexibility index (Phi) is 8.12. The van der Waals surface area contributed by atoms with Crippen LogP contribution in [0.1, 0.15) is 58.3 Å². The first-order valence-corrected chi connectivity index (χ1v) is 8.01. The van der Waals surface area contributed by atoms with Crippen molar-refractivity contribution in [3.05, 3.63) is 0 Å². The van der Waals surface area contributed by atoms with Gasteiger partial charge < -0.3 is 20.4 Å². The normalized spacial score (nSPS) is 17.2. The van der Waals surface area contributed by atoms with Gasteiger partial charge in [-0.2, -0.15) is 0 Å². The second-order valence-electron chi connectivity index (χ2n) is 5.69. The van der Waals surface area contributed by atoms with Gasteiger partial charge in [0.1, 0.15) is 6.04 Å². The molecule has 0 spiro atoms. The fourth-order valence-electron chi connectivity index (χ4n) is 2.85. The fraction of sp³-hybridized carbons (Fsp3) is 0.867. The summed E-state index contributed by atoms with van der Waals surface area (Å²) in [6, 6.07) is -1.09. The molecule has 0 heterocycles. The Labute approximate surface area is 126 Å². The minimum atomic E-state index is -0.996. The van der Waals surface area contributed by atoms with Gasteiger partial charge in [-0.15, -0.1) is 0 Å². The van der Waals surface area contributed by atoms with Crippen molar-refractivity contribution in [1.29, 1.82) is 0 Å². The zero-order chi connectivity index (χ0) is 15.7. The Morgan fingerprint density at radius 3 is 2.48 bits per heavy atom. The number of carboxylic acids is 1. The standard InChI is InChI=1S/C15H28N2O4/c1-2-3-9-13(14(19)20)16-15(21)17(10-11-18)12-7-5-4-6-8-12/h12-13,18H,2-11H2,1H3,(H,16,21)(H,19,20)/t13-/m0/s1. The molecular formula is C15H28N2O4. The van der Waals surface area contributed by atoms with Gasteiger partial charge >= 0.3 is 12.0 Å². The van der Waals surface area contributed by atoms with Crippen molar-refractivity contribution >= 4 is 12.0 Å². The van der Waals surface area contributed by atoms with E-state index in [1.165, 1.54) is 6.42 Å². The van der Waals surface area contributed by atoms with Crippen LogP contribution in [-0.2, 0) is 4.79 Å². The second kappa shape index (κ2) is 9.60. The number of urea groups is 1. The topological polar surface area (TPSA) is 89.9 Å². The summed E-state index contributed by atoms with van der Waals surface area (Å²) < 4.78 is 0. The highest BCUT2D eigenvalue weighted by Gasteiger charge is 2.28. The summed E-state index contributed by atoms with van der Waals surface area (Å²) >= 11 is 0. The first-order valence-electron chi connectivity index (χ1n) is 8.01. The molecular weight excluding hydrogens is 272 g/mol. The summed E-state index contributed by atoms with van der Waals surface area (Å²) in [6.45, 7) is 2.15. The predicted octanol–water partition coefficient (Wildman–Crippen LogP) is 1.97. The number of aliphatic hydroxyl groups is 1. The molecule has 0 unspecified atom stereocenters. The van der Waals surface area contributed by atoms with E-state index in [2.05, 4.69) is 5.32 Å². The van der Waals surface area contributed by atoms with Gasteiger partial charge in [0.15, 0.2) is 0 Å². The maximum atomic E-state index is 12.4. The number of unbranched alkanes of at least 4 members (excludes halogenated alkanes) is 1. The molecule has 0 saturated heterocycles. The number of amides is 2. The van der Waals surface area contributed by atoms with Crippen molar-refractivity contribution in [3.8, 4) is 0 Å². The third-order valence-corrected chi connectivity index (χ3v) is 4.06. The Morgan fingerprint density at radius 1 is 1.29 bits per heavy atom. The monoisotopic (exact) mass is 300 g/mol. The number of carboxylic acid groups (broad SMARTS) is 1. The van der Waals surface area contributed by atoms with E-state index in [0.29, 0.717) is 6.42 Å². The Balaban J connectivity index is 2.63. The smallest absolute Gasteiger partial charge is 0.326 e. The Morgan fingerprint density at radius 2 is 1.95 bits per heavy atom. The van der Waals surface area contributed by atoms with Crippen molar-refractivity contribution in [2.24, 2.45) is 0 Å². The molecule has 1 aliphatic carbocycles. The molecule has 0 radical (unpaired) electrons. The van der Waals surface area contributed by atoms with E-state index in [0.717, 1.165) is 38.5 Å². The molecule has 1 rings (SSSR count). The van der Waals surface area contributed by atoms with E-state index in [4.69, 9.17) is 5.11 Å². The van der Waals surface area contributed by atoms with E-state index in [1.54, 1.807) is 4.90 Å². The van der Waals surface area contributed by atoms with Crippen molar-refractivity contribution in [1.82, 2.24) is 10.2 Å². The number of nitrogens with one attached hydrogen (secondary N) is 1. The summed E-state index contributed by atoms with van der Waals surface area (Å²) in [4.78, 5) is 25.2. The van der Waals surface area contributed by atoms with E-state index in [1.807, 2.05) is 6.92 Å². The summed E-state index contributed by atoms with van der Waals surface area (Å²) in [5.41, 5.74) is 0. The lowest BCUT2D eigenvalue weighted by atomic mass is 9.94. The molecule has 0 bridgehead atoms. The third kappa shape index (κ3) is 5.91. The first kappa shape index (κ1) is 17.8. The maximum Gasteiger partial charge on any atom is 0.326 e. The molecule has 21 heavy (non-hydrogen) atoms. The van der Waals surface area contributed by atoms with E-state index >= 15 is 0 Å². The summed E-state index contributed by atoms with van der Waals surface area (Å²) in [6.07, 6.45) is 7.30. The van der Waals surface area contributed by atoms with Crippen LogP contribution in [0.3, 0.4) is 0 Å². The van der Waals surface area contributed by atoms with Crippen LogP contribution < -0.4 is 5.32 Å². The van der Waals surface area contributed by atoms with Crippen LogP contribution in [0, 0.1) is 0 Å². The van der Waals surface area contributed by atoms with Crippen molar-refractivity contribution in [2.75, 3.05) is 13.2 Å². The minimum Gasteiger partial charge on any atom is -0.480 e. The minimum absolute atomic E-state index is 0.101. The van der Waals surface area contributed by atoms with E-state index in [-0.39, 0.29) is 25.2 Å². The Hall–Kier alpha value is -1.30. The predicted molar refractivity (Wildman–Crippen MR) is 80.1 cm³/mol. The zero-order valence-corrected chi connectivity index (χ0v) is 12.9. The number of aliphatic carboxylic acids is 1. The maximum absolute atomic E-state index is 12.4. The molecule has 122 valence electrons. The molecule has 0 aliphatic heterocycles. The number of hydrogen-bond donors (Lipinski definition) is 3. The lowest BCUT2D eigenvalue weighted by molar-refractivity contribution is -0.139. The van der Waals surface area contributed by atoms with Crippen LogP contribution in [0.2, 0.25) is 0 Å². The van der Waals surface area contributed by atoms with Gasteiger partial charge in [0.05, 0.1) is 6.61 Å². The SMILES string of the molecule is CCCC[C@H](NC(=O)N(CCO)C1CCCCC1)C(=O)O. The Bertz CT molecular complexity index is 330. The lowest BCUT2D eigenvalue weighted by Crippen LogP contribution is -2.52. The van der Waals surface area contributed by atoms with Gasteiger partial charge in [0, 0.05) is 12.6 Å². The van der Waals surface area contributed by atoms with Crippen molar-refractivity contribution in [3.63, 3.8) is 0 Å². The molecule has 1 fully saturated rings. The fourth-order valence-corrected chi connectivity index (χ4v) is 2.85. The highest BCUT2D eigenvalue weighted by Crippen LogP contribution is 2.22. The van der Waals surface area contributed by atoms with Gasteiger partial charge in [0.25, 0.3) is 0 Å². The number of aliphatic hydroxyl groups excluding tert-OH is 1. The van der Waals surface area contributed by atoms with Gasteiger partial charge in [-0.25, -0.2) is 9.59 Å². The van der Waals surface area contributed by atoms with Crippen molar-refractivity contribution < 1.29 is 19.8 Å². The molecule has 6 heteroatoms. The third-order valence-electron chi connectivity index (χ3n) is 4.06. The van der Waals surface area contributed by atoms with Crippen LogP contribution in [-0.4, -0.2) is 52.3 Å². The summed E-state index contributed by atoms with van der Waals surface area (Å²) in [5, 5.41) is 21.0. The number of hydrogen-bond acceptors (Lipinski definition) is 3. The molecule has 1 saturated carbocycles. The van der Waals surface area contributed by atoms with Crippen molar-refractivity contribution in [2.45, 2.75) is 70.4 Å². The van der Waals surface area contributed by atoms with Crippen LogP contribution in [0.15, 0.2) is 0 Å². The average molecular weight is 300 g/mol. The highest BCUT2D eigenvalue weighted by molar-refractivity contribution is 5.82. The summed E-state index contributed by atoms with van der Waals surface area (Å²) in [5.74, 6) is -0.996. The quantitative estimate of drug-likeness (QED) is 0.639. The van der Waals surface area contributed by atoms with Gasteiger partial charge in [0.2, 0.25) is 0 Å².